The van der Waals surface area contributed by atoms with Crippen LogP contribution in [0.15, 0.2) is 94.9 Å². The molecule has 7 nitrogen and oxygen atoms in total. The van der Waals surface area contributed by atoms with Gasteiger partial charge in [0.15, 0.2) is 5.76 Å². The fourth-order valence-corrected chi connectivity index (χ4v) is 8.97. The third-order valence-corrected chi connectivity index (χ3v) is 12.5. The van der Waals surface area contributed by atoms with Gasteiger partial charge >= 0.3 is 12.2 Å². The number of benzene rings is 3. The normalized spacial score (nSPS) is 23.3. The Morgan fingerprint density at radius 1 is 1.04 bits per heavy atom. The SMILES string of the molecule is CCCN(CC1(O)CCC2c3ccc(cc3C(=O)c3ccc(-c4cc(C(F)(F)F)ccc4Cl)o3)CC(O)CCC(C)=CCCC21C)C(=O)NC(C)c1ccccc1. The molecule has 5 atom stereocenters. The average molecular weight is 805 g/mol. The minimum Gasteiger partial charge on any atom is -0.453 e. The Kier molecular flexibility index (Phi) is 12.8. The van der Waals surface area contributed by atoms with E-state index in [1.165, 1.54) is 12.1 Å². The number of fused-ring (bicyclic) bond motifs is 8. The van der Waals surface area contributed by atoms with Crippen LogP contribution >= 0.6 is 11.6 Å². The maximum atomic E-state index is 14.6. The summed E-state index contributed by atoms with van der Waals surface area (Å²) in [7, 11) is 0. The third kappa shape index (κ3) is 9.19. The van der Waals surface area contributed by atoms with Crippen LogP contribution in [0.2, 0.25) is 5.02 Å². The largest absolute Gasteiger partial charge is 0.453 e. The van der Waals surface area contributed by atoms with Crippen molar-refractivity contribution < 1.29 is 37.4 Å². The molecule has 1 fully saturated rings. The number of alkyl halides is 3. The number of carbonyl (C=O) groups excluding carboxylic acids is 2. The zero-order valence-corrected chi connectivity index (χ0v) is 33.7. The van der Waals surface area contributed by atoms with E-state index in [0.717, 1.165) is 34.9 Å². The summed E-state index contributed by atoms with van der Waals surface area (Å²) in [5.41, 5.74) is 0.876. The lowest BCUT2D eigenvalue weighted by molar-refractivity contribution is -0.137. The summed E-state index contributed by atoms with van der Waals surface area (Å²) < 4.78 is 46.8. The summed E-state index contributed by atoms with van der Waals surface area (Å²) >= 11 is 6.33. The Morgan fingerprint density at radius 2 is 1.79 bits per heavy atom. The number of aliphatic hydroxyl groups excluding tert-OH is 1. The number of amides is 2. The molecule has 0 spiro atoms. The Hall–Kier alpha value is -4.38. The molecule has 0 saturated heterocycles. The first kappa shape index (κ1) is 42.2. The number of aliphatic hydroxyl groups is 2. The van der Waals surface area contributed by atoms with Gasteiger partial charge in [-0.05, 0) is 124 Å². The van der Waals surface area contributed by atoms with Crippen LogP contribution in [0.1, 0.15) is 123 Å². The van der Waals surface area contributed by atoms with Gasteiger partial charge in [-0.25, -0.2) is 4.79 Å². The van der Waals surface area contributed by atoms with E-state index >= 15 is 0 Å². The molecule has 5 unspecified atom stereocenters. The van der Waals surface area contributed by atoms with Gasteiger partial charge < -0.3 is 24.8 Å². The van der Waals surface area contributed by atoms with Gasteiger partial charge in [0.2, 0.25) is 5.78 Å². The van der Waals surface area contributed by atoms with Crippen molar-refractivity contribution in [3.63, 3.8) is 0 Å². The van der Waals surface area contributed by atoms with E-state index in [-0.39, 0.29) is 46.6 Å². The number of rotatable bonds is 9. The molecule has 7 rings (SSSR count). The second-order valence-corrected chi connectivity index (χ2v) is 16.5. The van der Waals surface area contributed by atoms with Gasteiger partial charge in [0.1, 0.15) is 5.76 Å². The highest BCUT2D eigenvalue weighted by Crippen LogP contribution is 2.59. The van der Waals surface area contributed by atoms with Gasteiger partial charge in [-0.3, -0.25) is 4.79 Å². The zero-order valence-electron chi connectivity index (χ0n) is 33.0. The van der Waals surface area contributed by atoms with Crippen LogP contribution < -0.4 is 5.32 Å². The molecule has 2 bridgehead atoms. The van der Waals surface area contributed by atoms with E-state index in [0.29, 0.717) is 69.0 Å². The second-order valence-electron chi connectivity index (χ2n) is 16.1. The summed E-state index contributed by atoms with van der Waals surface area (Å²) in [6, 6.07) is 20.6. The van der Waals surface area contributed by atoms with Gasteiger partial charge in [-0.15, -0.1) is 0 Å². The fraction of sp³-hybridized carbons (Fsp3) is 0.435. The molecule has 4 aromatic rings. The first-order valence-electron chi connectivity index (χ1n) is 19.8. The van der Waals surface area contributed by atoms with Crippen molar-refractivity contribution in [3.8, 4) is 11.3 Å². The molecule has 1 heterocycles. The number of halogens is 4. The van der Waals surface area contributed by atoms with E-state index in [1.54, 1.807) is 11.0 Å². The van der Waals surface area contributed by atoms with Crippen LogP contribution in [0.25, 0.3) is 11.3 Å². The lowest BCUT2D eigenvalue weighted by Crippen LogP contribution is -2.55. The summed E-state index contributed by atoms with van der Waals surface area (Å²) in [5.74, 6) is -0.856. The molecular formula is C46H52ClF3N2O5. The van der Waals surface area contributed by atoms with Crippen molar-refractivity contribution >= 4 is 23.4 Å². The molecule has 11 heteroatoms. The molecule has 304 valence electrons. The molecule has 3 aliphatic rings. The van der Waals surface area contributed by atoms with Crippen molar-refractivity contribution in [3.05, 3.63) is 129 Å². The van der Waals surface area contributed by atoms with Gasteiger partial charge in [-0.2, -0.15) is 13.2 Å². The molecule has 3 aromatic carbocycles. The number of urea groups is 1. The smallest absolute Gasteiger partial charge is 0.416 e. The number of carbonyl (C=O) groups is 2. The maximum Gasteiger partial charge on any atom is 0.416 e. The first-order chi connectivity index (χ1) is 27.0. The van der Waals surface area contributed by atoms with Crippen molar-refractivity contribution in [2.24, 2.45) is 5.41 Å². The summed E-state index contributed by atoms with van der Waals surface area (Å²) in [5, 5.41) is 27.1. The van der Waals surface area contributed by atoms with Crippen molar-refractivity contribution in [1.29, 1.82) is 0 Å². The lowest BCUT2D eigenvalue weighted by Gasteiger charge is -2.46. The molecule has 1 saturated carbocycles. The molecule has 3 N–H and O–H groups in total. The Morgan fingerprint density at radius 3 is 2.51 bits per heavy atom. The Bertz CT molecular complexity index is 2100. The quantitative estimate of drug-likeness (QED) is 0.115. The van der Waals surface area contributed by atoms with Gasteiger partial charge in [0.25, 0.3) is 0 Å². The molecule has 1 aromatic heterocycles. The van der Waals surface area contributed by atoms with Crippen LogP contribution in [0.5, 0.6) is 0 Å². The van der Waals surface area contributed by atoms with Crippen LogP contribution in [-0.2, 0) is 12.6 Å². The number of allylic oxidation sites excluding steroid dienone is 2. The minimum atomic E-state index is -4.60. The first-order valence-corrected chi connectivity index (χ1v) is 20.2. The van der Waals surface area contributed by atoms with E-state index in [9.17, 15) is 33.0 Å². The maximum absolute atomic E-state index is 14.6. The number of ketones is 1. The van der Waals surface area contributed by atoms with Crippen LogP contribution in [-0.4, -0.2) is 51.7 Å². The monoisotopic (exact) mass is 804 g/mol. The highest BCUT2D eigenvalue weighted by molar-refractivity contribution is 6.33. The summed E-state index contributed by atoms with van der Waals surface area (Å²) in [6.07, 6.45) is 1.24. The predicted octanol–water partition coefficient (Wildman–Crippen LogP) is 11.1. The summed E-state index contributed by atoms with van der Waals surface area (Å²) in [4.78, 5) is 30.2. The molecular weight excluding hydrogens is 753 g/mol. The second kappa shape index (κ2) is 17.2. The van der Waals surface area contributed by atoms with Crippen molar-refractivity contribution in [2.45, 2.75) is 109 Å². The van der Waals surface area contributed by atoms with E-state index in [1.807, 2.05) is 56.3 Å². The minimum absolute atomic E-state index is 0.00714. The van der Waals surface area contributed by atoms with Gasteiger partial charge in [0.05, 0.1) is 34.9 Å². The highest BCUT2D eigenvalue weighted by atomic mass is 35.5. The van der Waals surface area contributed by atoms with Gasteiger partial charge in [0, 0.05) is 23.1 Å². The van der Waals surface area contributed by atoms with Crippen LogP contribution in [0, 0.1) is 5.41 Å². The highest BCUT2D eigenvalue weighted by Gasteiger charge is 2.57. The van der Waals surface area contributed by atoms with Gasteiger partial charge in [-0.1, -0.05) is 79.6 Å². The number of nitrogens with one attached hydrogen (secondary N) is 1. The topological polar surface area (TPSA) is 103 Å². The molecule has 57 heavy (non-hydrogen) atoms. The molecule has 2 amide bonds. The zero-order chi connectivity index (χ0) is 41.1. The predicted molar refractivity (Wildman–Crippen MR) is 216 cm³/mol. The Labute approximate surface area is 337 Å². The third-order valence-electron chi connectivity index (χ3n) is 12.2. The van der Waals surface area contributed by atoms with Crippen LogP contribution in [0.4, 0.5) is 18.0 Å². The molecule has 3 aliphatic carbocycles. The standard InChI is InChI=1S/C46H52ClF3N2O5/c1-5-24-52(43(55)51-30(3)32-11-7-6-8-12-32)28-45(56)23-21-38-35-17-14-31(25-34(53)16-13-29(2)10-9-22-44(38,45)4)26-36(35)42(54)41-20-19-40(57-41)37-27-33(46(48,49)50)15-18-39(37)47/h6-8,10-12,14-15,17-20,26-27,30,34,38,53,56H,5,9,13,16,21-25,28H2,1-4H3,(H,51,55). The van der Waals surface area contributed by atoms with E-state index in [4.69, 9.17) is 16.0 Å². The fourth-order valence-electron chi connectivity index (χ4n) is 8.76. The van der Waals surface area contributed by atoms with Crippen molar-refractivity contribution in [1.82, 2.24) is 10.2 Å². The number of furan rings is 1. The van der Waals surface area contributed by atoms with Crippen LogP contribution in [0.3, 0.4) is 0 Å². The summed E-state index contributed by atoms with van der Waals surface area (Å²) in [6.45, 7) is 8.57. The average Bonchev–Trinajstić information content (AvgIpc) is 3.76. The van der Waals surface area contributed by atoms with E-state index in [2.05, 4.69) is 25.2 Å². The molecule has 0 aliphatic heterocycles. The number of nitrogens with zero attached hydrogens (tertiary/aromatic N) is 1. The van der Waals surface area contributed by atoms with E-state index < -0.39 is 34.6 Å². The van der Waals surface area contributed by atoms with Crippen molar-refractivity contribution in [2.75, 3.05) is 13.1 Å². The number of hydrogen-bond donors (Lipinski definition) is 3. The molecule has 0 radical (unpaired) electrons. The lowest BCUT2D eigenvalue weighted by atomic mass is 9.64. The Balaban J connectivity index is 1.38. The number of hydrogen-bond acceptors (Lipinski definition) is 5.